The van der Waals surface area contributed by atoms with Crippen molar-refractivity contribution in [3.05, 3.63) is 53.7 Å². The molecule has 24 heavy (non-hydrogen) atoms. The van der Waals surface area contributed by atoms with Gasteiger partial charge in [-0.15, -0.1) is 0 Å². The second-order valence-electron chi connectivity index (χ2n) is 6.27. The normalized spacial score (nSPS) is 21.0. The lowest BCUT2D eigenvalue weighted by Crippen LogP contribution is -2.47. The fraction of sp³-hybridized carbons (Fsp3) is 0.444. The maximum atomic E-state index is 13.3. The van der Waals surface area contributed by atoms with E-state index >= 15 is 0 Å². The van der Waals surface area contributed by atoms with Crippen molar-refractivity contribution in [2.24, 2.45) is 5.92 Å². The third-order valence-electron chi connectivity index (χ3n) is 4.54. The van der Waals surface area contributed by atoms with E-state index in [0.29, 0.717) is 44.5 Å². The minimum absolute atomic E-state index is 0.00894. The van der Waals surface area contributed by atoms with Gasteiger partial charge in [-0.2, -0.15) is 0 Å². The van der Waals surface area contributed by atoms with Crippen LogP contribution in [0.4, 0.5) is 4.39 Å². The van der Waals surface area contributed by atoms with Gasteiger partial charge in [-0.05, 0) is 36.5 Å². The van der Waals surface area contributed by atoms with E-state index in [4.69, 9.17) is 4.52 Å². The Labute approximate surface area is 140 Å². The van der Waals surface area contributed by atoms with Crippen molar-refractivity contribution < 1.29 is 18.8 Å². The highest BCUT2D eigenvalue weighted by Gasteiger charge is 2.30. The first kappa shape index (κ1) is 16.6. The van der Waals surface area contributed by atoms with Gasteiger partial charge in [-0.25, -0.2) is 4.39 Å². The van der Waals surface area contributed by atoms with E-state index in [1.165, 1.54) is 12.1 Å². The number of aliphatic hydroxyl groups excluding tert-OH is 1. The number of hydrogen-bond donors (Lipinski definition) is 1. The fourth-order valence-corrected chi connectivity index (χ4v) is 3.17. The van der Waals surface area contributed by atoms with Crippen molar-refractivity contribution in [2.45, 2.75) is 31.8 Å². The Morgan fingerprint density at radius 3 is 3.00 bits per heavy atom. The molecule has 0 aliphatic carbocycles. The Morgan fingerprint density at radius 1 is 1.42 bits per heavy atom. The minimum atomic E-state index is -0.587. The first-order valence-corrected chi connectivity index (χ1v) is 8.21. The second-order valence-corrected chi connectivity index (χ2v) is 6.27. The van der Waals surface area contributed by atoms with Gasteiger partial charge in [-0.1, -0.05) is 17.3 Å². The lowest BCUT2D eigenvalue weighted by molar-refractivity contribution is -0.135. The van der Waals surface area contributed by atoms with E-state index in [9.17, 15) is 14.3 Å². The molecule has 0 radical (unpaired) electrons. The standard InChI is InChI=1S/C18H21FN2O3/c19-15-3-1-2-13(11-15)10-14-7-9-21(12-17(14)22)18(23)5-4-16-6-8-20-24-16/h1-3,6,8,11,14,17,22H,4-5,7,9-10,12H2/t14-,17+/m1/s1. The van der Waals surface area contributed by atoms with Crippen LogP contribution in [0.25, 0.3) is 0 Å². The first-order chi connectivity index (χ1) is 11.6. The molecule has 1 amide bonds. The summed E-state index contributed by atoms with van der Waals surface area (Å²) in [6.07, 6.45) is 3.16. The van der Waals surface area contributed by atoms with Crippen LogP contribution in [0.5, 0.6) is 0 Å². The molecule has 1 fully saturated rings. The number of piperidine rings is 1. The summed E-state index contributed by atoms with van der Waals surface area (Å²) in [5.74, 6) is 0.478. The Hall–Kier alpha value is -2.21. The Balaban J connectivity index is 1.50. The van der Waals surface area contributed by atoms with Crippen LogP contribution in [0, 0.1) is 11.7 Å². The molecule has 1 aliphatic heterocycles. The third kappa shape index (κ3) is 4.20. The topological polar surface area (TPSA) is 66.6 Å². The number of benzene rings is 1. The zero-order valence-electron chi connectivity index (χ0n) is 13.4. The SMILES string of the molecule is O=C(CCc1ccno1)N1CC[C@H](Cc2cccc(F)c2)[C@@H](O)C1. The van der Waals surface area contributed by atoms with Crippen molar-refractivity contribution in [3.63, 3.8) is 0 Å². The quantitative estimate of drug-likeness (QED) is 0.911. The molecule has 0 unspecified atom stereocenters. The van der Waals surface area contributed by atoms with Gasteiger partial charge >= 0.3 is 0 Å². The number of aliphatic hydroxyl groups is 1. The molecule has 1 aromatic carbocycles. The Kier molecular flexibility index (Phi) is 5.25. The highest BCUT2D eigenvalue weighted by atomic mass is 19.1. The van der Waals surface area contributed by atoms with Crippen LogP contribution in [0.15, 0.2) is 41.1 Å². The van der Waals surface area contributed by atoms with Crippen LogP contribution in [0.3, 0.4) is 0 Å². The lowest BCUT2D eigenvalue weighted by atomic mass is 9.87. The fourth-order valence-electron chi connectivity index (χ4n) is 3.17. The molecule has 1 N–H and O–H groups in total. The van der Waals surface area contributed by atoms with E-state index in [-0.39, 0.29) is 17.6 Å². The van der Waals surface area contributed by atoms with Gasteiger partial charge in [-0.3, -0.25) is 4.79 Å². The number of likely N-dealkylation sites (tertiary alicyclic amines) is 1. The van der Waals surface area contributed by atoms with Crippen molar-refractivity contribution in [1.29, 1.82) is 0 Å². The minimum Gasteiger partial charge on any atom is -0.391 e. The van der Waals surface area contributed by atoms with Gasteiger partial charge in [0.05, 0.1) is 12.3 Å². The number of rotatable bonds is 5. The van der Waals surface area contributed by atoms with Crippen molar-refractivity contribution >= 4 is 5.91 Å². The summed E-state index contributed by atoms with van der Waals surface area (Å²) in [7, 11) is 0. The summed E-state index contributed by atoms with van der Waals surface area (Å²) in [6, 6.07) is 8.20. The number of carbonyl (C=O) groups is 1. The van der Waals surface area contributed by atoms with E-state index in [1.54, 1.807) is 23.2 Å². The molecule has 128 valence electrons. The summed E-state index contributed by atoms with van der Waals surface area (Å²) in [6.45, 7) is 0.946. The molecule has 2 aromatic rings. The van der Waals surface area contributed by atoms with Crippen LogP contribution in [0.2, 0.25) is 0 Å². The first-order valence-electron chi connectivity index (χ1n) is 8.21. The summed E-state index contributed by atoms with van der Waals surface area (Å²) in [4.78, 5) is 13.9. The molecule has 5 nitrogen and oxygen atoms in total. The maximum Gasteiger partial charge on any atom is 0.223 e. The molecular formula is C18H21FN2O3. The highest BCUT2D eigenvalue weighted by Crippen LogP contribution is 2.23. The molecule has 1 aliphatic rings. The number of carbonyl (C=O) groups excluding carboxylic acids is 1. The van der Waals surface area contributed by atoms with Gasteiger partial charge < -0.3 is 14.5 Å². The number of amides is 1. The zero-order chi connectivity index (χ0) is 16.9. The molecule has 3 rings (SSSR count). The van der Waals surface area contributed by atoms with Crippen molar-refractivity contribution in [2.75, 3.05) is 13.1 Å². The number of halogens is 1. The van der Waals surface area contributed by atoms with Gasteiger partial charge in [0.25, 0.3) is 0 Å². The number of aryl methyl sites for hydroxylation is 1. The Morgan fingerprint density at radius 2 is 2.29 bits per heavy atom. The smallest absolute Gasteiger partial charge is 0.223 e. The Bertz CT molecular complexity index is 675. The molecule has 6 heteroatoms. The van der Waals surface area contributed by atoms with Crippen LogP contribution in [-0.4, -0.2) is 40.3 Å². The van der Waals surface area contributed by atoms with E-state index in [1.807, 2.05) is 6.07 Å². The lowest BCUT2D eigenvalue weighted by Gasteiger charge is -2.36. The summed E-state index contributed by atoms with van der Waals surface area (Å²) >= 11 is 0. The molecule has 0 bridgehead atoms. The van der Waals surface area contributed by atoms with Crippen LogP contribution in [0.1, 0.15) is 24.2 Å². The zero-order valence-corrected chi connectivity index (χ0v) is 13.4. The van der Waals surface area contributed by atoms with Gasteiger partial charge in [0.1, 0.15) is 11.6 Å². The predicted molar refractivity (Wildman–Crippen MR) is 85.6 cm³/mol. The largest absolute Gasteiger partial charge is 0.391 e. The molecule has 0 saturated carbocycles. The monoisotopic (exact) mass is 332 g/mol. The van der Waals surface area contributed by atoms with Gasteiger partial charge in [0.2, 0.25) is 5.91 Å². The molecule has 2 atom stereocenters. The molecule has 1 aromatic heterocycles. The number of nitrogens with zero attached hydrogens (tertiary/aromatic N) is 2. The van der Waals surface area contributed by atoms with E-state index in [2.05, 4.69) is 5.16 Å². The van der Waals surface area contributed by atoms with E-state index < -0.39 is 6.10 Å². The third-order valence-corrected chi connectivity index (χ3v) is 4.54. The van der Waals surface area contributed by atoms with Gasteiger partial charge in [0.15, 0.2) is 0 Å². The highest BCUT2D eigenvalue weighted by molar-refractivity contribution is 5.76. The molecule has 1 saturated heterocycles. The number of hydrogen-bond acceptors (Lipinski definition) is 4. The molecular weight excluding hydrogens is 311 g/mol. The second kappa shape index (κ2) is 7.57. The summed E-state index contributed by atoms with van der Waals surface area (Å²) in [5.41, 5.74) is 0.879. The molecule has 2 heterocycles. The summed E-state index contributed by atoms with van der Waals surface area (Å²) < 4.78 is 18.2. The van der Waals surface area contributed by atoms with Crippen molar-refractivity contribution in [1.82, 2.24) is 10.1 Å². The van der Waals surface area contributed by atoms with Crippen molar-refractivity contribution in [3.8, 4) is 0 Å². The summed E-state index contributed by atoms with van der Waals surface area (Å²) in [5, 5.41) is 14.0. The number of aromatic nitrogens is 1. The van der Waals surface area contributed by atoms with E-state index in [0.717, 1.165) is 5.56 Å². The maximum absolute atomic E-state index is 13.3. The average molecular weight is 332 g/mol. The van der Waals surface area contributed by atoms with Crippen LogP contribution < -0.4 is 0 Å². The van der Waals surface area contributed by atoms with Gasteiger partial charge in [0, 0.05) is 32.0 Å². The average Bonchev–Trinajstić information content (AvgIpc) is 3.08. The van der Waals surface area contributed by atoms with Crippen LogP contribution >= 0.6 is 0 Å². The molecule has 0 spiro atoms. The van der Waals surface area contributed by atoms with Crippen LogP contribution in [-0.2, 0) is 17.6 Å². The predicted octanol–water partition coefficient (Wildman–Crippen LogP) is 2.20. The number of β-amino-alcohol motifs (C(OH)–C–C–N with tert-alkyl or cyclic N) is 1.